The number of benzene rings is 2. The van der Waals surface area contributed by atoms with Gasteiger partial charge < -0.3 is 13.3 Å². The van der Waals surface area contributed by atoms with Crippen molar-refractivity contribution in [3.05, 3.63) is 95.0 Å². The zero-order chi connectivity index (χ0) is 30.0. The van der Waals surface area contributed by atoms with E-state index in [0.717, 1.165) is 17.7 Å². The van der Waals surface area contributed by atoms with Crippen molar-refractivity contribution >= 4 is 0 Å². The highest BCUT2D eigenvalue weighted by atomic mass is 19.4. The molecule has 9 nitrogen and oxygen atoms in total. The van der Waals surface area contributed by atoms with Crippen molar-refractivity contribution in [2.75, 3.05) is 0 Å². The van der Waals surface area contributed by atoms with Gasteiger partial charge in [0.1, 0.15) is 11.4 Å². The fourth-order valence-corrected chi connectivity index (χ4v) is 4.03. The van der Waals surface area contributed by atoms with E-state index in [1.807, 2.05) is 31.2 Å². The van der Waals surface area contributed by atoms with Gasteiger partial charge in [0.25, 0.3) is 5.89 Å². The van der Waals surface area contributed by atoms with Crippen LogP contribution in [0.25, 0.3) is 50.4 Å². The summed E-state index contributed by atoms with van der Waals surface area (Å²) in [6.07, 6.45) is -4.55. The number of furan rings is 1. The molecule has 204 valence electrons. The molecule has 0 saturated carbocycles. The summed E-state index contributed by atoms with van der Waals surface area (Å²) in [6.45, 7) is 9.18. The topological polar surface area (TPSA) is 141 Å². The Bertz CT molecular complexity index is 1910. The largest absolute Gasteiger partial charge is 0.449 e. The molecule has 12 heteroatoms. The molecule has 0 N–H and O–H groups in total. The van der Waals surface area contributed by atoms with Crippen LogP contribution >= 0.6 is 0 Å². The number of nitriles is 3. The Morgan fingerprint density at radius 1 is 0.738 bits per heavy atom. The van der Waals surface area contributed by atoms with Gasteiger partial charge in [-0.2, -0.15) is 29.0 Å². The molecule has 42 heavy (non-hydrogen) atoms. The van der Waals surface area contributed by atoms with Crippen LogP contribution < -0.4 is 0 Å². The molecule has 0 aliphatic carbocycles. The highest BCUT2D eigenvalue weighted by molar-refractivity contribution is 5.78. The van der Waals surface area contributed by atoms with Crippen molar-refractivity contribution in [3.8, 4) is 63.8 Å². The molecule has 0 radical (unpaired) electrons. The van der Waals surface area contributed by atoms with Crippen LogP contribution in [0.5, 0.6) is 0 Å². The van der Waals surface area contributed by atoms with Crippen LogP contribution in [0.1, 0.15) is 34.9 Å². The van der Waals surface area contributed by atoms with Gasteiger partial charge in [-0.25, -0.2) is 16.5 Å². The Hall–Kier alpha value is -6.11. The van der Waals surface area contributed by atoms with Crippen LogP contribution in [0, 0.1) is 47.5 Å². The van der Waals surface area contributed by atoms with Crippen molar-refractivity contribution in [2.24, 2.45) is 0 Å². The van der Waals surface area contributed by atoms with Gasteiger partial charge in [0.15, 0.2) is 29.1 Å². The third-order valence-corrected chi connectivity index (χ3v) is 6.14. The Balaban J connectivity index is 1.64. The second-order valence-electron chi connectivity index (χ2n) is 8.92. The number of rotatable bonds is 6. The Labute approximate surface area is 236 Å². The zero-order valence-corrected chi connectivity index (χ0v) is 21.5. The van der Waals surface area contributed by atoms with Crippen molar-refractivity contribution < 1.29 is 26.4 Å². The fraction of sp³-hybridized carbons (Fsp3) is 0.133. The number of hydrogen-bond acceptors (Lipinski definition) is 8. The molecule has 3 aromatic heterocycles. The fourth-order valence-electron chi connectivity index (χ4n) is 4.03. The predicted octanol–water partition coefficient (Wildman–Crippen LogP) is 7.87. The molecular weight excluding hydrogens is 549 g/mol. The summed E-state index contributed by atoms with van der Waals surface area (Å²) < 4.78 is 57.0. The van der Waals surface area contributed by atoms with E-state index < -0.39 is 23.7 Å². The minimum absolute atomic E-state index is 0.0385. The monoisotopic (exact) mass is 564 g/mol. The first-order valence-electron chi connectivity index (χ1n) is 12.1. The van der Waals surface area contributed by atoms with Crippen LogP contribution in [-0.4, -0.2) is 9.97 Å². The normalized spacial score (nSPS) is 11.8. The van der Waals surface area contributed by atoms with Gasteiger partial charge in [-0.05, 0) is 31.2 Å². The number of hydrogen-bond donors (Lipinski definition) is 0. The maximum atomic E-state index is 13.1. The Morgan fingerprint density at radius 2 is 1.24 bits per heavy atom. The van der Waals surface area contributed by atoms with Crippen LogP contribution in [0.4, 0.5) is 13.2 Å². The molecular formula is C30H15F3N6O3. The molecule has 1 unspecified atom stereocenters. The van der Waals surface area contributed by atoms with Crippen molar-refractivity contribution in [3.63, 3.8) is 0 Å². The van der Waals surface area contributed by atoms with Crippen molar-refractivity contribution in [2.45, 2.75) is 25.1 Å². The van der Waals surface area contributed by atoms with E-state index in [1.165, 1.54) is 24.3 Å². The molecule has 0 spiro atoms. The minimum atomic E-state index is -4.55. The number of oxazole rings is 2. The molecule has 0 fully saturated rings. The van der Waals surface area contributed by atoms with Crippen molar-refractivity contribution in [1.29, 1.82) is 15.8 Å². The number of nitrogens with zero attached hydrogens (tertiary/aromatic N) is 6. The lowest BCUT2D eigenvalue weighted by molar-refractivity contribution is -0.137. The summed E-state index contributed by atoms with van der Waals surface area (Å²) in [5.74, 6) is -1.41. The highest BCUT2D eigenvalue weighted by Crippen LogP contribution is 2.41. The molecule has 0 amide bonds. The first-order valence-corrected chi connectivity index (χ1v) is 12.1. The van der Waals surface area contributed by atoms with Crippen LogP contribution in [0.2, 0.25) is 0 Å². The third kappa shape index (κ3) is 5.09. The smallest absolute Gasteiger partial charge is 0.416 e. The molecule has 0 aliphatic rings. The summed E-state index contributed by atoms with van der Waals surface area (Å²) in [4.78, 5) is 11.8. The van der Waals surface area contributed by atoms with E-state index in [4.69, 9.17) is 19.8 Å². The SMILES string of the molecule is [C-]#[N+]C(C#N)c1nc(-c2ccc(C(F)(F)F)cc2)c(-c2ccc(-c3oc(C(C#N)C#N)nc3-c3ccc(C)cc3)o2)o1. The van der Waals surface area contributed by atoms with Gasteiger partial charge in [0.05, 0.1) is 17.7 Å². The summed E-state index contributed by atoms with van der Waals surface area (Å²) in [6, 6.07) is 18.4. The van der Waals surface area contributed by atoms with Gasteiger partial charge in [0, 0.05) is 11.1 Å². The van der Waals surface area contributed by atoms with Crippen molar-refractivity contribution in [1.82, 2.24) is 9.97 Å². The quantitative estimate of drug-likeness (QED) is 0.190. The van der Waals surface area contributed by atoms with E-state index in [-0.39, 0.29) is 46.1 Å². The van der Waals surface area contributed by atoms with E-state index in [9.17, 15) is 29.0 Å². The molecule has 0 bridgehead atoms. The van der Waals surface area contributed by atoms with Crippen LogP contribution in [-0.2, 0) is 6.18 Å². The first-order chi connectivity index (χ1) is 20.2. The Kier molecular flexibility index (Phi) is 7.07. The summed E-state index contributed by atoms with van der Waals surface area (Å²) in [5.41, 5.74) is 1.32. The average Bonchev–Trinajstić information content (AvgIpc) is 3.73. The molecule has 3 heterocycles. The van der Waals surface area contributed by atoms with Crippen LogP contribution in [0.3, 0.4) is 0 Å². The average molecular weight is 564 g/mol. The molecule has 0 aliphatic heterocycles. The molecule has 2 aromatic carbocycles. The third-order valence-electron chi connectivity index (χ3n) is 6.14. The van der Waals surface area contributed by atoms with Gasteiger partial charge >= 0.3 is 12.2 Å². The lowest BCUT2D eigenvalue weighted by Gasteiger charge is -2.06. The maximum Gasteiger partial charge on any atom is 0.416 e. The summed E-state index contributed by atoms with van der Waals surface area (Å²) >= 11 is 0. The number of aryl methyl sites for hydroxylation is 1. The van der Waals surface area contributed by atoms with Gasteiger partial charge in [0.2, 0.25) is 11.8 Å². The lowest BCUT2D eigenvalue weighted by atomic mass is 10.1. The first kappa shape index (κ1) is 27.5. The summed E-state index contributed by atoms with van der Waals surface area (Å²) in [5, 5.41) is 28.1. The molecule has 1 atom stereocenters. The minimum Gasteiger partial charge on any atom is -0.449 e. The molecule has 5 rings (SSSR count). The standard InChI is InChI=1S/C30H15F3N6O3/c1-16-3-5-17(6-4-16)24-26(41-28(38-24)19(13-34)14-35)22-11-12-23(40-22)27-25(39-29(42-27)21(15-36)37-2)18-7-9-20(10-8-18)30(31,32)33/h3-12,19,21H,1H3. The van der Waals surface area contributed by atoms with E-state index in [0.29, 0.717) is 11.3 Å². The van der Waals surface area contributed by atoms with E-state index in [2.05, 4.69) is 14.8 Å². The maximum absolute atomic E-state index is 13.1. The second kappa shape index (κ2) is 10.8. The van der Waals surface area contributed by atoms with Gasteiger partial charge in [-0.1, -0.05) is 42.0 Å². The van der Waals surface area contributed by atoms with Crippen LogP contribution in [0.15, 0.2) is 73.9 Å². The summed E-state index contributed by atoms with van der Waals surface area (Å²) in [7, 11) is 0. The van der Waals surface area contributed by atoms with Gasteiger partial charge in [-0.15, -0.1) is 0 Å². The Morgan fingerprint density at radius 3 is 1.71 bits per heavy atom. The highest BCUT2D eigenvalue weighted by Gasteiger charge is 2.32. The second-order valence-corrected chi connectivity index (χ2v) is 8.92. The van der Waals surface area contributed by atoms with E-state index >= 15 is 0 Å². The van der Waals surface area contributed by atoms with E-state index in [1.54, 1.807) is 18.2 Å². The molecule has 5 aromatic rings. The number of aromatic nitrogens is 2. The number of alkyl halides is 3. The lowest BCUT2D eigenvalue weighted by Crippen LogP contribution is -2.04. The van der Waals surface area contributed by atoms with Gasteiger partial charge in [-0.3, -0.25) is 4.85 Å². The zero-order valence-electron chi connectivity index (χ0n) is 21.5. The predicted molar refractivity (Wildman–Crippen MR) is 139 cm³/mol. The number of halogens is 3. The molecule has 0 saturated heterocycles.